The van der Waals surface area contributed by atoms with E-state index < -0.39 is 0 Å². The van der Waals surface area contributed by atoms with Gasteiger partial charge in [-0.05, 0) is 176 Å². The van der Waals surface area contributed by atoms with E-state index in [1.54, 1.807) is 0 Å². The van der Waals surface area contributed by atoms with Gasteiger partial charge in [0.2, 0.25) is 5.88 Å². The zero-order valence-electron chi connectivity index (χ0n) is 39.4. The molecule has 3 nitrogen and oxygen atoms in total. The third-order valence-electron chi connectivity index (χ3n) is 16.1. The Bertz CT molecular complexity index is 3040. The summed E-state index contributed by atoms with van der Waals surface area (Å²) in [4.78, 5) is 5.22. The lowest BCUT2D eigenvalue weighted by Crippen LogP contribution is -2.61. The molecule has 3 heterocycles. The Hall–Kier alpha value is -5.22. The Kier molecular flexibility index (Phi) is 8.12. The van der Waals surface area contributed by atoms with E-state index in [1.165, 1.54) is 106 Å². The maximum atomic E-state index is 7.58. The SMILES string of the molecule is Cc1cc2c3c(c1)N(c1cc4c(cc1C)C(C)(C)CCC4(C)C)c1oc4cc5c(cc4c1B3N(c1ccc(C(C)(C)C)cc1)c1cc3ccccc3cc1-2)C(C)(C)CCC5(C)C. The van der Waals surface area contributed by atoms with Gasteiger partial charge in [0.25, 0.3) is 0 Å². The first-order valence-electron chi connectivity index (χ1n) is 23.3. The van der Waals surface area contributed by atoms with Crippen molar-refractivity contribution < 1.29 is 4.42 Å². The van der Waals surface area contributed by atoms with E-state index in [4.69, 9.17) is 4.42 Å². The minimum absolute atomic E-state index is 0.0429. The molecule has 314 valence electrons. The van der Waals surface area contributed by atoms with Crippen molar-refractivity contribution in [3.8, 4) is 11.1 Å². The maximum absolute atomic E-state index is 7.58. The van der Waals surface area contributed by atoms with Gasteiger partial charge >= 0.3 is 6.85 Å². The molecule has 0 radical (unpaired) electrons. The molecule has 11 rings (SSSR count). The van der Waals surface area contributed by atoms with Crippen LogP contribution in [0, 0.1) is 13.8 Å². The summed E-state index contributed by atoms with van der Waals surface area (Å²) in [6, 6.07) is 38.2. The molecule has 4 heteroatoms. The lowest BCUT2D eigenvalue weighted by atomic mass is 9.43. The van der Waals surface area contributed by atoms with Gasteiger partial charge in [-0.1, -0.05) is 125 Å². The number of fused-ring (bicyclic) bond motifs is 9. The van der Waals surface area contributed by atoms with E-state index in [1.807, 2.05) is 0 Å². The molecule has 4 aliphatic rings. The number of hydrogen-bond donors (Lipinski definition) is 0. The second kappa shape index (κ2) is 12.7. The lowest BCUT2D eigenvalue weighted by molar-refractivity contribution is 0.332. The van der Waals surface area contributed by atoms with Gasteiger partial charge < -0.3 is 9.23 Å². The topological polar surface area (TPSA) is 19.6 Å². The Morgan fingerprint density at radius 1 is 0.548 bits per heavy atom. The van der Waals surface area contributed by atoms with Crippen molar-refractivity contribution >= 4 is 68.1 Å². The van der Waals surface area contributed by atoms with E-state index in [0.717, 1.165) is 30.7 Å². The van der Waals surface area contributed by atoms with Gasteiger partial charge in [0.05, 0.1) is 5.69 Å². The molecule has 0 amide bonds. The van der Waals surface area contributed by atoms with Crippen LogP contribution in [0.3, 0.4) is 0 Å². The van der Waals surface area contributed by atoms with Gasteiger partial charge in [-0.3, -0.25) is 4.90 Å². The summed E-state index contributed by atoms with van der Waals surface area (Å²) in [5.74, 6) is 0.948. The highest BCUT2D eigenvalue weighted by Gasteiger charge is 2.50. The molecule has 0 fully saturated rings. The maximum Gasteiger partial charge on any atom is 0.337 e. The monoisotopic (exact) mass is 815 g/mol. The van der Waals surface area contributed by atoms with Crippen LogP contribution < -0.4 is 20.6 Å². The van der Waals surface area contributed by atoms with Crippen LogP contribution in [0.15, 0.2) is 101 Å². The van der Waals surface area contributed by atoms with Crippen molar-refractivity contribution in [1.82, 2.24) is 0 Å². The number of benzene rings is 6. The molecule has 0 N–H and O–H groups in total. The molecule has 7 aromatic rings. The highest BCUT2D eigenvalue weighted by Crippen LogP contribution is 2.54. The highest BCUT2D eigenvalue weighted by molar-refractivity contribution is 6.95. The first-order chi connectivity index (χ1) is 29.1. The molecule has 62 heavy (non-hydrogen) atoms. The van der Waals surface area contributed by atoms with Gasteiger partial charge in [0.15, 0.2) is 0 Å². The fourth-order valence-electron chi connectivity index (χ4n) is 12.0. The highest BCUT2D eigenvalue weighted by atomic mass is 16.4. The quantitative estimate of drug-likeness (QED) is 0.162. The fraction of sp³-hybridized carbons (Fsp3) is 0.379. The zero-order chi connectivity index (χ0) is 43.6. The largest absolute Gasteiger partial charge is 0.440 e. The van der Waals surface area contributed by atoms with Gasteiger partial charge in [-0.15, -0.1) is 0 Å². The summed E-state index contributed by atoms with van der Waals surface area (Å²) >= 11 is 0. The molecule has 0 saturated carbocycles. The molecule has 0 unspecified atom stereocenters. The van der Waals surface area contributed by atoms with Crippen LogP contribution >= 0.6 is 0 Å². The fourth-order valence-corrected chi connectivity index (χ4v) is 12.0. The van der Waals surface area contributed by atoms with Crippen molar-refractivity contribution in [3.05, 3.63) is 136 Å². The second-order valence-electron chi connectivity index (χ2n) is 23.3. The van der Waals surface area contributed by atoms with Crippen molar-refractivity contribution in [2.24, 2.45) is 0 Å². The molecule has 6 aromatic carbocycles. The normalized spacial score (nSPS) is 18.9. The van der Waals surface area contributed by atoms with Gasteiger partial charge in [0, 0.05) is 33.5 Å². The van der Waals surface area contributed by atoms with Crippen molar-refractivity contribution in [1.29, 1.82) is 0 Å². The first kappa shape index (κ1) is 39.6. The summed E-state index contributed by atoms with van der Waals surface area (Å²) in [6.45, 7) is 30.9. The average molecular weight is 815 g/mol. The third-order valence-corrected chi connectivity index (χ3v) is 16.1. The standard InChI is InChI=1S/C58H63BN2O/c1-34-26-41-40-29-36-16-14-15-17-37(36)30-48(40)61(39-20-18-38(19-21-39)54(3,4)5)59-51(41)49(27-34)60(47-32-45-43(28-35(47)2)55(6,7)22-24-57(45,10)11)53-52(59)42-31-44-46(33-50(42)62-53)58(12,13)25-23-56(44,8)9/h14-21,26-33H,22-25H2,1-13H3. The number of aryl methyl sites for hydroxylation is 2. The van der Waals surface area contributed by atoms with Crippen LogP contribution in [0.4, 0.5) is 28.6 Å². The predicted molar refractivity (Wildman–Crippen MR) is 266 cm³/mol. The predicted octanol–water partition coefficient (Wildman–Crippen LogP) is 14.9. The van der Waals surface area contributed by atoms with Crippen LogP contribution in [-0.4, -0.2) is 6.85 Å². The molecular formula is C58H63BN2O. The Balaban J connectivity index is 1.29. The number of nitrogens with zero attached hydrogens (tertiary/aromatic N) is 2. The van der Waals surface area contributed by atoms with Gasteiger partial charge in [0.1, 0.15) is 5.58 Å². The van der Waals surface area contributed by atoms with Crippen LogP contribution in [-0.2, 0) is 27.1 Å². The summed E-state index contributed by atoms with van der Waals surface area (Å²) in [5.41, 5.74) is 21.1. The van der Waals surface area contributed by atoms with E-state index in [9.17, 15) is 0 Å². The molecule has 2 aliphatic heterocycles. The van der Waals surface area contributed by atoms with Crippen LogP contribution in [0.2, 0.25) is 0 Å². The number of hydrogen-bond acceptors (Lipinski definition) is 3. The molecule has 0 atom stereocenters. The van der Waals surface area contributed by atoms with E-state index in [-0.39, 0.29) is 33.9 Å². The molecule has 0 saturated heterocycles. The van der Waals surface area contributed by atoms with E-state index >= 15 is 0 Å². The van der Waals surface area contributed by atoms with Crippen LogP contribution in [0.25, 0.3) is 32.9 Å². The van der Waals surface area contributed by atoms with E-state index in [2.05, 4.69) is 197 Å². The van der Waals surface area contributed by atoms with Crippen molar-refractivity contribution in [2.75, 3.05) is 9.71 Å². The third kappa shape index (κ3) is 5.63. The van der Waals surface area contributed by atoms with Gasteiger partial charge in [-0.2, -0.15) is 0 Å². The van der Waals surface area contributed by atoms with Crippen molar-refractivity contribution in [2.45, 2.75) is 143 Å². The summed E-state index contributed by atoms with van der Waals surface area (Å²) in [5, 5.41) is 3.74. The Morgan fingerprint density at radius 2 is 1.11 bits per heavy atom. The minimum atomic E-state index is -0.131. The Labute approximate surface area is 370 Å². The molecule has 0 spiro atoms. The van der Waals surface area contributed by atoms with Crippen molar-refractivity contribution in [3.63, 3.8) is 0 Å². The number of anilines is 5. The van der Waals surface area contributed by atoms with Crippen LogP contribution in [0.1, 0.15) is 141 Å². The minimum Gasteiger partial charge on any atom is -0.440 e. The molecule has 0 bridgehead atoms. The van der Waals surface area contributed by atoms with E-state index in [0.29, 0.717) is 0 Å². The summed E-state index contributed by atoms with van der Waals surface area (Å²) < 4.78 is 7.58. The zero-order valence-corrected chi connectivity index (χ0v) is 39.4. The average Bonchev–Trinajstić information content (AvgIpc) is 3.58. The lowest BCUT2D eigenvalue weighted by Gasteiger charge is -2.46. The molecular weight excluding hydrogens is 751 g/mol. The van der Waals surface area contributed by atoms with Crippen LogP contribution in [0.5, 0.6) is 0 Å². The molecule has 2 aliphatic carbocycles. The first-order valence-corrected chi connectivity index (χ1v) is 23.3. The number of furan rings is 1. The Morgan fingerprint density at radius 3 is 1.73 bits per heavy atom. The summed E-state index contributed by atoms with van der Waals surface area (Å²) in [7, 11) is 0. The molecule has 1 aromatic heterocycles. The second-order valence-corrected chi connectivity index (χ2v) is 23.3. The smallest absolute Gasteiger partial charge is 0.337 e. The summed E-state index contributed by atoms with van der Waals surface area (Å²) in [6.07, 6.45) is 4.67. The van der Waals surface area contributed by atoms with Gasteiger partial charge in [-0.25, -0.2) is 0 Å². The number of rotatable bonds is 2.